The molecule has 1 amide bonds. The van der Waals surface area contributed by atoms with Crippen molar-refractivity contribution in [2.24, 2.45) is 5.41 Å². The number of carbonyl (C=O) groups is 2. The zero-order valence-electron chi connectivity index (χ0n) is 42.8. The number of likely N-dealkylation sites (tertiary alicyclic amines) is 1. The first-order valence-electron chi connectivity index (χ1n) is 25.6. The molecule has 2 saturated heterocycles. The van der Waals surface area contributed by atoms with Gasteiger partial charge in [-0.05, 0) is 93.5 Å². The Balaban J connectivity index is 0.833. The first-order valence-corrected chi connectivity index (χ1v) is 26.0. The van der Waals surface area contributed by atoms with Crippen LogP contribution in [0.1, 0.15) is 79.8 Å². The van der Waals surface area contributed by atoms with Crippen LogP contribution in [0, 0.1) is 18.2 Å². The topological polar surface area (TPSA) is 191 Å². The lowest BCUT2D eigenvalue weighted by molar-refractivity contribution is -0.172. The summed E-state index contributed by atoms with van der Waals surface area (Å²) < 4.78 is 94.3. The summed E-state index contributed by atoms with van der Waals surface area (Å²) in [5, 5.41) is 11.8. The molecule has 77 heavy (non-hydrogen) atoms. The number of benzene rings is 2. The van der Waals surface area contributed by atoms with Crippen molar-refractivity contribution in [1.29, 1.82) is 0 Å². The average Bonchev–Trinajstić information content (AvgIpc) is 3.95. The van der Waals surface area contributed by atoms with Gasteiger partial charge in [0.1, 0.15) is 42.3 Å². The van der Waals surface area contributed by atoms with E-state index < -0.39 is 52.6 Å². The number of alkyl halides is 4. The number of amides is 1. The van der Waals surface area contributed by atoms with Gasteiger partial charge < -0.3 is 39.4 Å². The molecule has 5 aliphatic rings. The quantitative estimate of drug-likeness (QED) is 0.0638. The lowest BCUT2D eigenvalue weighted by Gasteiger charge is -2.41. The van der Waals surface area contributed by atoms with Crippen LogP contribution >= 0.6 is 11.6 Å². The van der Waals surface area contributed by atoms with Crippen LogP contribution in [0.15, 0.2) is 53.3 Å². The molecule has 11 rings (SSSR count). The molecule has 0 spiro atoms. The third-order valence-electron chi connectivity index (χ3n) is 15.9. The smallest absolute Gasteiger partial charge is 0.418 e. The number of piperazine rings is 1. The van der Waals surface area contributed by atoms with E-state index in [1.165, 1.54) is 13.0 Å². The first-order chi connectivity index (χ1) is 36.6. The molecule has 3 atom stereocenters. The molecule has 1 aliphatic carbocycles. The number of aliphatic hydroxyl groups is 1. The van der Waals surface area contributed by atoms with Crippen molar-refractivity contribution in [2.75, 3.05) is 63.1 Å². The van der Waals surface area contributed by atoms with E-state index >= 15 is 4.39 Å². The molecule has 0 radical (unpaired) electrons. The van der Waals surface area contributed by atoms with E-state index in [1.54, 1.807) is 34.6 Å². The second-order valence-electron chi connectivity index (χ2n) is 21.0. The number of rotatable bonds is 13. The molecule has 3 fully saturated rings. The van der Waals surface area contributed by atoms with Gasteiger partial charge in [-0.2, -0.15) is 23.1 Å². The molecule has 4 aromatic heterocycles. The molecule has 1 saturated carbocycles. The van der Waals surface area contributed by atoms with Gasteiger partial charge >= 0.3 is 18.2 Å². The monoisotopic (exact) mass is 1080 g/mol. The van der Waals surface area contributed by atoms with Gasteiger partial charge in [0.15, 0.2) is 11.4 Å². The third kappa shape index (κ3) is 9.06. The van der Waals surface area contributed by atoms with Crippen molar-refractivity contribution in [3.8, 4) is 34.4 Å². The largest absolute Gasteiger partial charge is 0.489 e. The van der Waals surface area contributed by atoms with Crippen molar-refractivity contribution < 1.29 is 50.9 Å². The summed E-state index contributed by atoms with van der Waals surface area (Å²) in [5.74, 6) is -1.99. The number of fused-ring (bicyclic) bond motifs is 6. The Morgan fingerprint density at radius 2 is 1.78 bits per heavy atom. The number of cyclic esters (lactones) is 1. The van der Waals surface area contributed by atoms with Gasteiger partial charge in [0.05, 0.1) is 57.5 Å². The number of ether oxygens (including phenoxy) is 3. The average molecular weight is 1080 g/mol. The predicted molar refractivity (Wildman–Crippen MR) is 277 cm³/mol. The molecule has 4 aliphatic heterocycles. The van der Waals surface area contributed by atoms with Crippen molar-refractivity contribution in [3.63, 3.8) is 0 Å². The fraction of sp³-hybridized carbons (Fsp3) is 0.436. The van der Waals surface area contributed by atoms with Crippen LogP contribution in [0.3, 0.4) is 0 Å². The van der Waals surface area contributed by atoms with Crippen molar-refractivity contribution >= 4 is 56.9 Å². The fourth-order valence-corrected chi connectivity index (χ4v) is 11.9. The summed E-state index contributed by atoms with van der Waals surface area (Å²) in [4.78, 5) is 64.2. The van der Waals surface area contributed by atoms with Crippen LogP contribution in [0.25, 0.3) is 44.5 Å². The molecular weight excluding hydrogens is 1030 g/mol. The highest BCUT2D eigenvalue weighted by molar-refractivity contribution is 6.34. The summed E-state index contributed by atoms with van der Waals surface area (Å²) in [6, 6.07) is 8.69. The lowest BCUT2D eigenvalue weighted by atomic mass is 9.86. The Kier molecular flexibility index (Phi) is 13.0. The normalized spacial score (nSPS) is 20.8. The first kappa shape index (κ1) is 52.1. The van der Waals surface area contributed by atoms with Crippen molar-refractivity contribution in [2.45, 2.75) is 96.9 Å². The number of nitrogens with zero attached hydrogens (tertiary/aromatic N) is 8. The highest BCUT2D eigenvalue weighted by atomic mass is 35.5. The minimum absolute atomic E-state index is 0.0250. The number of halogens is 6. The fourth-order valence-electron chi connectivity index (χ4n) is 11.6. The SMILES string of the molecule is C=C(COc1ccc2nc3c(c(CC)c2c1)Cn1c-3cc2c(c1=O)COC(=O)C2(O)CC)C(=O)N1CCN(c2nc(OCC3(CN4CCC(F)C4)CC3)nc3c(F)c(-c4nc(N)cc(C)c4C(F)(F)F)c(Cl)cc23)C(C)C1. The number of esters is 1. The number of hydrogen-bond acceptors (Lipinski definition) is 14. The molecule has 22 heteroatoms. The molecular formula is C55H55ClF5N9O7. The molecule has 6 aromatic rings. The maximum absolute atomic E-state index is 17.2. The Morgan fingerprint density at radius 3 is 2.47 bits per heavy atom. The Bertz CT molecular complexity index is 3550. The predicted octanol–water partition coefficient (Wildman–Crippen LogP) is 8.22. The van der Waals surface area contributed by atoms with E-state index in [0.717, 1.165) is 35.4 Å². The Hall–Kier alpha value is -6.97. The number of pyridine rings is 3. The van der Waals surface area contributed by atoms with Crippen LogP contribution in [0.2, 0.25) is 5.02 Å². The summed E-state index contributed by atoms with van der Waals surface area (Å²) in [7, 11) is 0. The molecule has 2 aromatic carbocycles. The van der Waals surface area contributed by atoms with Gasteiger partial charge in [-0.3, -0.25) is 14.5 Å². The molecule has 16 nitrogen and oxygen atoms in total. The third-order valence-corrected chi connectivity index (χ3v) is 16.2. The lowest BCUT2D eigenvalue weighted by Crippen LogP contribution is -2.54. The van der Waals surface area contributed by atoms with Crippen molar-refractivity contribution in [1.82, 2.24) is 34.3 Å². The number of carbonyl (C=O) groups excluding carboxylic acids is 2. The van der Waals surface area contributed by atoms with E-state index in [-0.39, 0.29) is 125 Å². The molecule has 8 heterocycles. The summed E-state index contributed by atoms with van der Waals surface area (Å²) in [5.41, 5.74) is 4.14. The molecule has 0 bridgehead atoms. The van der Waals surface area contributed by atoms with Crippen molar-refractivity contribution in [3.05, 3.63) is 103 Å². The summed E-state index contributed by atoms with van der Waals surface area (Å²) in [6.45, 7) is 12.8. The zero-order valence-corrected chi connectivity index (χ0v) is 43.5. The molecule has 3 N–H and O–H groups in total. The minimum Gasteiger partial charge on any atom is -0.489 e. The van der Waals surface area contributed by atoms with Gasteiger partial charge in [-0.1, -0.05) is 32.0 Å². The second kappa shape index (κ2) is 19.2. The van der Waals surface area contributed by atoms with E-state index in [4.69, 9.17) is 41.5 Å². The molecule has 3 unspecified atom stereocenters. The highest BCUT2D eigenvalue weighted by Crippen LogP contribution is 2.49. The van der Waals surface area contributed by atoms with Gasteiger partial charge in [-0.15, -0.1) is 0 Å². The second-order valence-corrected chi connectivity index (χ2v) is 21.4. The maximum Gasteiger partial charge on any atom is 0.418 e. The standard InChI is InChI=1S/C55H55ClF5N9O7/c1-6-32-33-17-31(8-9-39(33)63-45-35(32)22-70-40(45)19-37-36(50(70)72)24-76-51(73)54(37,74)7-2)75-23-28(4)49(71)68-14-15-69(29(5)20-68)48-34-18-38(56)42(47-43(55(59,60)61)27(3)16-41(62)64-47)44(58)46(34)65-52(66-48)77-26-53(11-12-53)25-67-13-10-30(57)21-67/h8-9,16-19,29-30,74H,4,6-7,10-15,20-26H2,1-3,5H3,(H2,62,64). The van der Waals surface area contributed by atoms with E-state index in [0.29, 0.717) is 55.1 Å². The van der Waals surface area contributed by atoms with Gasteiger partial charge in [-0.25, -0.2) is 23.5 Å². The number of aryl methyl sites for hydroxylation is 2. The maximum atomic E-state index is 17.2. The zero-order chi connectivity index (χ0) is 54.6. The van der Waals surface area contributed by atoms with E-state index in [1.807, 2.05) is 29.7 Å². The van der Waals surface area contributed by atoms with Crippen LogP contribution in [0.5, 0.6) is 11.8 Å². The van der Waals surface area contributed by atoms with Gasteiger partial charge in [0, 0.05) is 78.2 Å². The minimum atomic E-state index is -4.95. The van der Waals surface area contributed by atoms with Gasteiger partial charge in [0.25, 0.3) is 11.5 Å². The van der Waals surface area contributed by atoms with E-state index in [9.17, 15) is 37.1 Å². The molecule has 404 valence electrons. The van der Waals surface area contributed by atoms with Crippen LogP contribution in [-0.4, -0.2) is 116 Å². The van der Waals surface area contributed by atoms with Gasteiger partial charge in [0.2, 0.25) is 0 Å². The number of hydrogen-bond donors (Lipinski definition) is 2. The number of nitrogen functional groups attached to an aromatic ring is 1. The van der Waals surface area contributed by atoms with Crippen LogP contribution < -0.4 is 25.7 Å². The van der Waals surface area contributed by atoms with Crippen LogP contribution in [0.4, 0.5) is 33.6 Å². The van der Waals surface area contributed by atoms with Crippen LogP contribution in [-0.2, 0) is 45.7 Å². The van der Waals surface area contributed by atoms with E-state index in [2.05, 4.69) is 16.5 Å². The highest BCUT2D eigenvalue weighted by Gasteiger charge is 2.48. The Labute approximate surface area is 443 Å². The number of nitrogens with two attached hydrogens (primary N) is 1. The number of aromatic nitrogens is 5. The number of anilines is 2. The summed E-state index contributed by atoms with van der Waals surface area (Å²) >= 11 is 6.74. The summed E-state index contributed by atoms with van der Waals surface area (Å²) in [6.07, 6.45) is -3.19. The Morgan fingerprint density at radius 1 is 1.00 bits per heavy atom.